The second-order valence-corrected chi connectivity index (χ2v) is 4.15. The van der Waals surface area contributed by atoms with Crippen LogP contribution in [0.4, 0.5) is 0 Å². The molecule has 3 nitrogen and oxygen atoms in total. The van der Waals surface area contributed by atoms with E-state index in [2.05, 4.69) is 17.2 Å². The maximum absolute atomic E-state index is 11.5. The molecule has 0 radical (unpaired) electrons. The largest absolute Gasteiger partial charge is 0.353 e. The molecule has 0 bridgehead atoms. The number of nitrogens with one attached hydrogen (secondary N) is 2. The quantitative estimate of drug-likeness (QED) is 0.516. The van der Waals surface area contributed by atoms with Gasteiger partial charge in [-0.05, 0) is 12.8 Å². The van der Waals surface area contributed by atoms with Crippen LogP contribution in [0.3, 0.4) is 0 Å². The van der Waals surface area contributed by atoms with Crippen molar-refractivity contribution in [1.82, 2.24) is 10.6 Å². The molecule has 0 aromatic heterocycles. The summed E-state index contributed by atoms with van der Waals surface area (Å²) in [6.45, 7) is 5.12. The molecule has 3 heteroatoms. The van der Waals surface area contributed by atoms with Gasteiger partial charge in [-0.2, -0.15) is 0 Å². The van der Waals surface area contributed by atoms with Crippen LogP contribution in [0.2, 0.25) is 0 Å². The van der Waals surface area contributed by atoms with Crippen LogP contribution in [0.25, 0.3) is 0 Å². The fraction of sp³-hybridized carbons (Fsp3) is 0.750. The van der Waals surface area contributed by atoms with E-state index in [1.807, 2.05) is 0 Å². The second kappa shape index (κ2) is 7.46. The van der Waals surface area contributed by atoms with Crippen molar-refractivity contribution in [2.24, 2.45) is 0 Å². The first-order valence-electron chi connectivity index (χ1n) is 5.94. The van der Waals surface area contributed by atoms with Gasteiger partial charge in [-0.25, -0.2) is 0 Å². The zero-order valence-electron chi connectivity index (χ0n) is 9.43. The smallest absolute Gasteiger partial charge is 0.221 e. The summed E-state index contributed by atoms with van der Waals surface area (Å²) in [7, 11) is 0. The van der Waals surface area contributed by atoms with Crippen LogP contribution in [-0.2, 0) is 4.79 Å². The fourth-order valence-corrected chi connectivity index (χ4v) is 1.95. The van der Waals surface area contributed by atoms with Crippen molar-refractivity contribution in [3.05, 3.63) is 12.7 Å². The van der Waals surface area contributed by atoms with E-state index in [0.29, 0.717) is 12.5 Å². The molecular weight excluding hydrogens is 188 g/mol. The molecule has 1 fully saturated rings. The van der Waals surface area contributed by atoms with E-state index < -0.39 is 0 Å². The van der Waals surface area contributed by atoms with Crippen LogP contribution in [0, 0.1) is 0 Å². The molecule has 0 aromatic rings. The van der Waals surface area contributed by atoms with Crippen LogP contribution >= 0.6 is 0 Å². The third kappa shape index (κ3) is 5.57. The SMILES string of the molecule is C=CCNCCC(=O)NC1CCCCC1. The maximum Gasteiger partial charge on any atom is 0.221 e. The maximum atomic E-state index is 11.5. The fourth-order valence-electron chi connectivity index (χ4n) is 1.95. The first kappa shape index (κ1) is 12.2. The van der Waals surface area contributed by atoms with E-state index in [9.17, 15) is 4.79 Å². The molecule has 0 saturated heterocycles. The van der Waals surface area contributed by atoms with Gasteiger partial charge in [-0.1, -0.05) is 25.3 Å². The Morgan fingerprint density at radius 1 is 1.33 bits per heavy atom. The molecule has 15 heavy (non-hydrogen) atoms. The Hall–Kier alpha value is -0.830. The minimum Gasteiger partial charge on any atom is -0.353 e. The lowest BCUT2D eigenvalue weighted by Gasteiger charge is -2.22. The third-order valence-electron chi connectivity index (χ3n) is 2.79. The van der Waals surface area contributed by atoms with Crippen LogP contribution in [0.15, 0.2) is 12.7 Å². The highest BCUT2D eigenvalue weighted by Gasteiger charge is 2.14. The summed E-state index contributed by atoms with van der Waals surface area (Å²) in [5.41, 5.74) is 0. The summed E-state index contributed by atoms with van der Waals surface area (Å²) in [6.07, 6.45) is 8.55. The number of hydrogen-bond donors (Lipinski definition) is 2. The molecule has 0 heterocycles. The van der Waals surface area contributed by atoms with E-state index in [1.54, 1.807) is 6.08 Å². The molecule has 1 rings (SSSR count). The van der Waals surface area contributed by atoms with E-state index >= 15 is 0 Å². The van der Waals surface area contributed by atoms with Gasteiger partial charge in [0.25, 0.3) is 0 Å². The number of hydrogen-bond acceptors (Lipinski definition) is 2. The van der Waals surface area contributed by atoms with Gasteiger partial charge in [0.2, 0.25) is 5.91 Å². The summed E-state index contributed by atoms with van der Waals surface area (Å²) in [6, 6.07) is 0.436. The summed E-state index contributed by atoms with van der Waals surface area (Å²) in [5.74, 6) is 0.179. The van der Waals surface area contributed by atoms with E-state index in [1.165, 1.54) is 19.3 Å². The van der Waals surface area contributed by atoms with Crippen LogP contribution in [-0.4, -0.2) is 25.0 Å². The standard InChI is InChI=1S/C12H22N2O/c1-2-9-13-10-8-12(15)14-11-6-4-3-5-7-11/h2,11,13H,1,3-10H2,(H,14,15). The normalized spacial score (nSPS) is 17.3. The topological polar surface area (TPSA) is 41.1 Å². The zero-order valence-corrected chi connectivity index (χ0v) is 9.43. The Morgan fingerprint density at radius 3 is 2.73 bits per heavy atom. The molecule has 0 spiro atoms. The Morgan fingerprint density at radius 2 is 2.07 bits per heavy atom. The Labute approximate surface area is 92.3 Å². The van der Waals surface area contributed by atoms with Crippen LogP contribution in [0.1, 0.15) is 38.5 Å². The molecular formula is C12H22N2O. The summed E-state index contributed by atoms with van der Waals surface area (Å²) in [5, 5.41) is 6.22. The predicted octanol–water partition coefficient (Wildman–Crippen LogP) is 1.60. The van der Waals surface area contributed by atoms with Gasteiger partial charge in [-0.15, -0.1) is 6.58 Å². The second-order valence-electron chi connectivity index (χ2n) is 4.15. The predicted molar refractivity (Wildman–Crippen MR) is 62.7 cm³/mol. The lowest BCUT2D eigenvalue weighted by molar-refractivity contribution is -0.121. The monoisotopic (exact) mass is 210 g/mol. The number of carbonyl (C=O) groups is 1. The average molecular weight is 210 g/mol. The molecule has 86 valence electrons. The minimum absolute atomic E-state index is 0.179. The first-order chi connectivity index (χ1) is 7.33. The molecule has 0 aromatic carbocycles. The summed E-state index contributed by atoms with van der Waals surface area (Å²) < 4.78 is 0. The average Bonchev–Trinajstić information content (AvgIpc) is 2.26. The molecule has 0 unspecified atom stereocenters. The third-order valence-corrected chi connectivity index (χ3v) is 2.79. The highest BCUT2D eigenvalue weighted by molar-refractivity contribution is 5.76. The van der Waals surface area contributed by atoms with Crippen molar-refractivity contribution >= 4 is 5.91 Å². The molecule has 0 aliphatic heterocycles. The lowest BCUT2D eigenvalue weighted by Crippen LogP contribution is -2.37. The molecule has 1 saturated carbocycles. The van der Waals surface area contributed by atoms with Crippen molar-refractivity contribution in [1.29, 1.82) is 0 Å². The van der Waals surface area contributed by atoms with Crippen molar-refractivity contribution < 1.29 is 4.79 Å². The van der Waals surface area contributed by atoms with Gasteiger partial charge in [0, 0.05) is 25.6 Å². The van der Waals surface area contributed by atoms with Gasteiger partial charge in [0.15, 0.2) is 0 Å². The highest BCUT2D eigenvalue weighted by atomic mass is 16.1. The first-order valence-corrected chi connectivity index (χ1v) is 5.94. The van der Waals surface area contributed by atoms with Crippen LogP contribution < -0.4 is 10.6 Å². The molecule has 1 aliphatic carbocycles. The van der Waals surface area contributed by atoms with Gasteiger partial charge >= 0.3 is 0 Å². The zero-order chi connectivity index (χ0) is 10.9. The van der Waals surface area contributed by atoms with Crippen LogP contribution in [0.5, 0.6) is 0 Å². The number of carbonyl (C=O) groups excluding carboxylic acids is 1. The van der Waals surface area contributed by atoms with Gasteiger partial charge in [-0.3, -0.25) is 4.79 Å². The molecule has 1 aliphatic rings. The Kier molecular flexibility index (Phi) is 6.09. The Balaban J connectivity index is 2.04. The molecule has 2 N–H and O–H groups in total. The summed E-state index contributed by atoms with van der Waals surface area (Å²) >= 11 is 0. The highest BCUT2D eigenvalue weighted by Crippen LogP contribution is 2.17. The molecule has 1 amide bonds. The van der Waals surface area contributed by atoms with Gasteiger partial charge in [0.05, 0.1) is 0 Å². The van der Waals surface area contributed by atoms with E-state index in [4.69, 9.17) is 0 Å². The van der Waals surface area contributed by atoms with E-state index in [0.717, 1.165) is 25.9 Å². The minimum atomic E-state index is 0.179. The summed E-state index contributed by atoms with van der Waals surface area (Å²) in [4.78, 5) is 11.5. The number of rotatable bonds is 6. The van der Waals surface area contributed by atoms with Crippen molar-refractivity contribution in [2.45, 2.75) is 44.6 Å². The molecule has 0 atom stereocenters. The van der Waals surface area contributed by atoms with Gasteiger partial charge in [0.1, 0.15) is 0 Å². The van der Waals surface area contributed by atoms with Gasteiger partial charge < -0.3 is 10.6 Å². The number of amides is 1. The van der Waals surface area contributed by atoms with Crippen molar-refractivity contribution in [3.8, 4) is 0 Å². The van der Waals surface area contributed by atoms with E-state index in [-0.39, 0.29) is 5.91 Å². The van der Waals surface area contributed by atoms with Crippen molar-refractivity contribution in [3.63, 3.8) is 0 Å². The Bertz CT molecular complexity index is 198. The lowest BCUT2D eigenvalue weighted by atomic mass is 9.95. The van der Waals surface area contributed by atoms with Crippen molar-refractivity contribution in [2.75, 3.05) is 13.1 Å².